The van der Waals surface area contributed by atoms with Gasteiger partial charge in [0.05, 0.1) is 19.2 Å². The Hall–Kier alpha value is -2.91. The first-order chi connectivity index (χ1) is 13.3. The third kappa shape index (κ3) is 3.85. The number of hydrogen-bond donors (Lipinski definition) is 4. The number of aromatic nitrogens is 2. The largest absolute Gasteiger partial charge is 0.497 e. The van der Waals surface area contributed by atoms with E-state index in [0.717, 1.165) is 0 Å². The van der Waals surface area contributed by atoms with Crippen LogP contribution in [-0.2, 0) is 0 Å². The number of ether oxygens (including phenoxy) is 1. The fourth-order valence-corrected chi connectivity index (χ4v) is 3.45. The predicted octanol–water partition coefficient (Wildman–Crippen LogP) is -0.291. The third-order valence-electron chi connectivity index (χ3n) is 5.10. The molecule has 1 aliphatic carbocycles. The van der Waals surface area contributed by atoms with Crippen molar-refractivity contribution < 1.29 is 19.7 Å². The molecular formula is C19H23N3O6. The SMILES string of the molecule is COc1ccc(C(=O)N[C@@H]2CC[C@@H](n3cc(C)c(=O)[nH]c3=O)[C@@H](O)[C@@H]2O)cc1. The quantitative estimate of drug-likeness (QED) is 0.568. The lowest BCUT2D eigenvalue weighted by Gasteiger charge is -2.38. The maximum Gasteiger partial charge on any atom is 0.328 e. The molecule has 3 rings (SSSR count). The monoisotopic (exact) mass is 389 g/mol. The Labute approximate surface area is 160 Å². The van der Waals surface area contributed by atoms with Crippen LogP contribution in [0.4, 0.5) is 0 Å². The highest BCUT2D eigenvalue weighted by Crippen LogP contribution is 2.28. The average Bonchev–Trinajstić information content (AvgIpc) is 2.69. The van der Waals surface area contributed by atoms with Crippen LogP contribution < -0.4 is 21.3 Å². The molecular weight excluding hydrogens is 366 g/mol. The van der Waals surface area contributed by atoms with E-state index in [-0.39, 0.29) is 5.91 Å². The molecule has 0 aliphatic heterocycles. The first kappa shape index (κ1) is 19.8. The second-order valence-corrected chi connectivity index (χ2v) is 6.91. The zero-order valence-electron chi connectivity index (χ0n) is 15.6. The Kier molecular flexibility index (Phi) is 5.66. The van der Waals surface area contributed by atoms with E-state index in [2.05, 4.69) is 10.3 Å². The molecule has 0 radical (unpaired) electrons. The Morgan fingerprint density at radius 3 is 2.50 bits per heavy atom. The zero-order valence-corrected chi connectivity index (χ0v) is 15.6. The number of nitrogens with zero attached hydrogens (tertiary/aromatic N) is 1. The van der Waals surface area contributed by atoms with E-state index in [4.69, 9.17) is 4.74 Å². The van der Waals surface area contributed by atoms with Crippen LogP contribution in [0.2, 0.25) is 0 Å². The van der Waals surface area contributed by atoms with Gasteiger partial charge in [0.2, 0.25) is 0 Å². The summed E-state index contributed by atoms with van der Waals surface area (Å²) in [5.74, 6) is 0.239. The van der Waals surface area contributed by atoms with Crippen LogP contribution >= 0.6 is 0 Å². The summed E-state index contributed by atoms with van der Waals surface area (Å²) in [6, 6.07) is 5.15. The highest BCUT2D eigenvalue weighted by Gasteiger charge is 2.39. The lowest BCUT2D eigenvalue weighted by atomic mass is 9.85. The van der Waals surface area contributed by atoms with Gasteiger partial charge < -0.3 is 20.3 Å². The summed E-state index contributed by atoms with van der Waals surface area (Å²) in [6.07, 6.45) is -0.469. The lowest BCUT2D eigenvalue weighted by Crippen LogP contribution is -2.55. The molecule has 4 N–H and O–H groups in total. The standard InChI is InChI=1S/C19H23N3O6/c1-10-9-22(19(27)21-17(10)25)14-8-7-13(15(23)16(14)24)20-18(26)11-3-5-12(28-2)6-4-11/h3-6,9,13-16,23-24H,7-8H2,1-2H3,(H,20,26)(H,21,25,27)/t13-,14-,15-,16-/m1/s1. The highest BCUT2D eigenvalue weighted by molar-refractivity contribution is 5.94. The summed E-state index contributed by atoms with van der Waals surface area (Å²) in [5, 5.41) is 23.7. The number of benzene rings is 1. The van der Waals surface area contributed by atoms with Crippen molar-refractivity contribution in [1.29, 1.82) is 0 Å². The number of carbonyl (C=O) groups is 1. The van der Waals surface area contributed by atoms with E-state index in [1.165, 1.54) is 17.9 Å². The first-order valence-corrected chi connectivity index (χ1v) is 8.95. The van der Waals surface area contributed by atoms with E-state index < -0.39 is 35.5 Å². The number of rotatable bonds is 4. The van der Waals surface area contributed by atoms with Gasteiger partial charge in [-0.1, -0.05) is 0 Å². The molecule has 1 saturated carbocycles. The molecule has 1 fully saturated rings. The zero-order chi connectivity index (χ0) is 20.4. The molecule has 4 atom stereocenters. The molecule has 1 aromatic carbocycles. The highest BCUT2D eigenvalue weighted by atomic mass is 16.5. The molecule has 0 spiro atoms. The van der Waals surface area contributed by atoms with E-state index in [9.17, 15) is 24.6 Å². The number of amides is 1. The van der Waals surface area contributed by atoms with Gasteiger partial charge in [0.15, 0.2) is 0 Å². The van der Waals surface area contributed by atoms with E-state index in [1.807, 2.05) is 0 Å². The minimum absolute atomic E-state index is 0.330. The molecule has 2 aromatic rings. The Balaban J connectivity index is 1.73. The molecule has 0 bridgehead atoms. The van der Waals surface area contributed by atoms with Crippen molar-refractivity contribution in [2.24, 2.45) is 0 Å². The number of carbonyl (C=O) groups excluding carboxylic acids is 1. The van der Waals surface area contributed by atoms with Gasteiger partial charge in [-0.15, -0.1) is 0 Å². The van der Waals surface area contributed by atoms with Gasteiger partial charge in [-0.25, -0.2) is 4.79 Å². The van der Waals surface area contributed by atoms with Crippen molar-refractivity contribution in [3.8, 4) is 5.75 Å². The van der Waals surface area contributed by atoms with E-state index in [0.29, 0.717) is 29.7 Å². The molecule has 1 amide bonds. The minimum Gasteiger partial charge on any atom is -0.497 e. The normalized spacial score (nSPS) is 24.6. The molecule has 0 unspecified atom stereocenters. The maximum absolute atomic E-state index is 12.4. The Morgan fingerprint density at radius 1 is 1.18 bits per heavy atom. The number of hydrogen-bond acceptors (Lipinski definition) is 6. The molecule has 9 heteroatoms. The van der Waals surface area contributed by atoms with E-state index >= 15 is 0 Å². The van der Waals surface area contributed by atoms with Crippen molar-refractivity contribution in [1.82, 2.24) is 14.9 Å². The third-order valence-corrected chi connectivity index (χ3v) is 5.10. The average molecular weight is 389 g/mol. The van der Waals surface area contributed by atoms with Gasteiger partial charge >= 0.3 is 5.69 Å². The Bertz CT molecular complexity index is 965. The summed E-state index contributed by atoms with van der Waals surface area (Å²) >= 11 is 0. The summed E-state index contributed by atoms with van der Waals surface area (Å²) in [7, 11) is 1.53. The number of nitrogens with one attached hydrogen (secondary N) is 2. The lowest BCUT2D eigenvalue weighted by molar-refractivity contribution is -0.0570. The second kappa shape index (κ2) is 7.99. The summed E-state index contributed by atoms with van der Waals surface area (Å²) in [6.45, 7) is 1.55. The first-order valence-electron chi connectivity index (χ1n) is 8.95. The summed E-state index contributed by atoms with van der Waals surface area (Å²) in [5.41, 5.74) is -0.405. The van der Waals surface area contributed by atoms with Gasteiger partial charge in [0, 0.05) is 17.3 Å². The van der Waals surface area contributed by atoms with Crippen molar-refractivity contribution in [3.05, 3.63) is 62.4 Å². The van der Waals surface area contributed by atoms with Crippen molar-refractivity contribution in [2.45, 2.75) is 44.1 Å². The smallest absolute Gasteiger partial charge is 0.328 e. The van der Waals surface area contributed by atoms with Crippen LogP contribution in [0.3, 0.4) is 0 Å². The number of aliphatic hydroxyl groups excluding tert-OH is 2. The molecule has 1 heterocycles. The van der Waals surface area contributed by atoms with Gasteiger partial charge in [-0.05, 0) is 44.0 Å². The van der Waals surface area contributed by atoms with Crippen LogP contribution in [0, 0.1) is 6.92 Å². The van der Waals surface area contributed by atoms with Crippen LogP contribution in [0.25, 0.3) is 0 Å². The van der Waals surface area contributed by atoms with E-state index in [1.54, 1.807) is 31.2 Å². The van der Waals surface area contributed by atoms with Gasteiger partial charge in [-0.2, -0.15) is 0 Å². The number of aliphatic hydroxyl groups is 2. The van der Waals surface area contributed by atoms with Crippen molar-refractivity contribution in [3.63, 3.8) is 0 Å². The van der Waals surface area contributed by atoms with Crippen molar-refractivity contribution >= 4 is 5.91 Å². The summed E-state index contributed by atoms with van der Waals surface area (Å²) < 4.78 is 6.28. The number of methoxy groups -OCH3 is 1. The van der Waals surface area contributed by atoms with Crippen LogP contribution in [-0.4, -0.2) is 51.0 Å². The van der Waals surface area contributed by atoms with Gasteiger partial charge in [-0.3, -0.25) is 19.1 Å². The molecule has 0 saturated heterocycles. The Morgan fingerprint density at radius 2 is 1.86 bits per heavy atom. The molecule has 150 valence electrons. The molecule has 1 aliphatic rings. The summed E-state index contributed by atoms with van der Waals surface area (Å²) in [4.78, 5) is 38.2. The number of aromatic amines is 1. The maximum atomic E-state index is 12.4. The fraction of sp³-hybridized carbons (Fsp3) is 0.421. The van der Waals surface area contributed by atoms with Gasteiger partial charge in [0.25, 0.3) is 11.5 Å². The topological polar surface area (TPSA) is 134 Å². The van der Waals surface area contributed by atoms with Crippen LogP contribution in [0.1, 0.15) is 34.8 Å². The second-order valence-electron chi connectivity index (χ2n) is 6.91. The molecule has 1 aromatic heterocycles. The molecule has 28 heavy (non-hydrogen) atoms. The number of aryl methyl sites for hydroxylation is 1. The van der Waals surface area contributed by atoms with Crippen LogP contribution in [0.5, 0.6) is 5.75 Å². The van der Waals surface area contributed by atoms with Crippen LogP contribution in [0.15, 0.2) is 40.1 Å². The predicted molar refractivity (Wildman–Crippen MR) is 101 cm³/mol. The van der Waals surface area contributed by atoms with Gasteiger partial charge in [0.1, 0.15) is 18.0 Å². The number of H-pyrrole nitrogens is 1. The van der Waals surface area contributed by atoms with Crippen molar-refractivity contribution in [2.75, 3.05) is 7.11 Å². The fourth-order valence-electron chi connectivity index (χ4n) is 3.45. The molecule has 9 nitrogen and oxygen atoms in total. The minimum atomic E-state index is -1.28.